The van der Waals surface area contributed by atoms with Gasteiger partial charge in [0.05, 0.1) is 10.9 Å². The van der Waals surface area contributed by atoms with Gasteiger partial charge in [-0.25, -0.2) is 8.42 Å². The maximum absolute atomic E-state index is 12.8. The average molecular weight is 369 g/mol. The van der Waals surface area contributed by atoms with E-state index in [9.17, 15) is 13.2 Å². The van der Waals surface area contributed by atoms with Crippen LogP contribution in [-0.2, 0) is 14.8 Å². The minimum atomic E-state index is -3.56. The lowest BCUT2D eigenvalue weighted by molar-refractivity contribution is -0.118. The number of nitrogens with two attached hydrogens (primary N) is 1. The Kier molecular flexibility index (Phi) is 6.56. The molecule has 0 radical (unpaired) electrons. The normalized spacial score (nSPS) is 19.4. The third-order valence-corrected chi connectivity index (χ3v) is 6.66. The molecule has 1 heterocycles. The Morgan fingerprint density at radius 1 is 1.28 bits per heavy atom. The van der Waals surface area contributed by atoms with Crippen LogP contribution in [0.25, 0.3) is 0 Å². The van der Waals surface area contributed by atoms with Gasteiger partial charge in [0, 0.05) is 31.9 Å². The Morgan fingerprint density at radius 2 is 1.92 bits per heavy atom. The van der Waals surface area contributed by atoms with Gasteiger partial charge in [-0.05, 0) is 31.2 Å². The first-order valence-corrected chi connectivity index (χ1v) is 10.0. The van der Waals surface area contributed by atoms with Gasteiger partial charge in [0.1, 0.15) is 0 Å². The average Bonchev–Trinajstić information content (AvgIpc) is 2.61. The van der Waals surface area contributed by atoms with Crippen LogP contribution in [0.1, 0.15) is 20.3 Å². The van der Waals surface area contributed by atoms with Gasteiger partial charge in [0.15, 0.2) is 0 Å². The molecule has 1 aliphatic rings. The van der Waals surface area contributed by atoms with Crippen molar-refractivity contribution in [1.29, 1.82) is 0 Å². The molecule has 1 aromatic rings. The second-order valence-corrected chi connectivity index (χ2v) is 8.57. The molecule has 140 valence electrons. The van der Waals surface area contributed by atoms with Gasteiger partial charge in [-0.1, -0.05) is 26.3 Å². The number of carbonyl (C=O) groups is 1. The molecule has 0 aromatic heterocycles. The lowest BCUT2D eigenvalue weighted by atomic mass is 9.99. The van der Waals surface area contributed by atoms with Crippen LogP contribution in [0.5, 0.6) is 0 Å². The SMILES string of the molecule is CCC(C)C(N)C(=O)Nc1cccc(S(=O)(=O)N2CCN(C)CC2)c1. The van der Waals surface area contributed by atoms with Crippen LogP contribution in [-0.4, -0.2) is 62.8 Å². The first kappa shape index (κ1) is 19.8. The van der Waals surface area contributed by atoms with E-state index >= 15 is 0 Å². The first-order valence-electron chi connectivity index (χ1n) is 8.61. The van der Waals surface area contributed by atoms with Crippen molar-refractivity contribution in [3.05, 3.63) is 24.3 Å². The van der Waals surface area contributed by atoms with Crippen molar-refractivity contribution in [2.45, 2.75) is 31.2 Å². The van der Waals surface area contributed by atoms with Gasteiger partial charge in [-0.15, -0.1) is 0 Å². The number of anilines is 1. The van der Waals surface area contributed by atoms with Gasteiger partial charge in [0.2, 0.25) is 15.9 Å². The van der Waals surface area contributed by atoms with Crippen molar-refractivity contribution in [2.24, 2.45) is 11.7 Å². The van der Waals surface area contributed by atoms with Crippen molar-refractivity contribution in [1.82, 2.24) is 9.21 Å². The highest BCUT2D eigenvalue weighted by molar-refractivity contribution is 7.89. The zero-order chi connectivity index (χ0) is 18.6. The highest BCUT2D eigenvalue weighted by atomic mass is 32.2. The molecule has 1 amide bonds. The van der Waals surface area contributed by atoms with E-state index in [1.54, 1.807) is 18.2 Å². The molecule has 1 fully saturated rings. The number of carbonyl (C=O) groups excluding carboxylic acids is 1. The molecule has 2 rings (SSSR count). The van der Waals surface area contributed by atoms with Crippen LogP contribution in [0.4, 0.5) is 5.69 Å². The molecule has 0 aliphatic carbocycles. The smallest absolute Gasteiger partial charge is 0.243 e. The zero-order valence-electron chi connectivity index (χ0n) is 15.1. The molecule has 1 aliphatic heterocycles. The van der Waals surface area contributed by atoms with Crippen molar-refractivity contribution in [2.75, 3.05) is 38.5 Å². The van der Waals surface area contributed by atoms with E-state index in [-0.39, 0.29) is 16.7 Å². The predicted molar refractivity (Wildman–Crippen MR) is 98.8 cm³/mol. The molecule has 2 atom stereocenters. The van der Waals surface area contributed by atoms with Crippen molar-refractivity contribution in [3.63, 3.8) is 0 Å². The molecule has 2 unspecified atom stereocenters. The molecular formula is C17H28N4O3S. The van der Waals surface area contributed by atoms with Gasteiger partial charge < -0.3 is 16.0 Å². The number of benzene rings is 1. The number of rotatable bonds is 6. The number of sulfonamides is 1. The van der Waals surface area contributed by atoms with Gasteiger partial charge in [-0.2, -0.15) is 4.31 Å². The minimum absolute atomic E-state index is 0.0530. The topological polar surface area (TPSA) is 95.7 Å². The quantitative estimate of drug-likeness (QED) is 0.779. The summed E-state index contributed by atoms with van der Waals surface area (Å²) in [5, 5.41) is 2.72. The van der Waals surface area contributed by atoms with Gasteiger partial charge >= 0.3 is 0 Å². The fourth-order valence-electron chi connectivity index (χ4n) is 2.65. The van der Waals surface area contributed by atoms with Crippen LogP contribution in [0, 0.1) is 5.92 Å². The molecule has 0 spiro atoms. The highest BCUT2D eigenvalue weighted by Gasteiger charge is 2.28. The lowest BCUT2D eigenvalue weighted by Gasteiger charge is -2.31. The summed E-state index contributed by atoms with van der Waals surface area (Å²) in [7, 11) is -1.59. The van der Waals surface area contributed by atoms with Crippen LogP contribution in [0.3, 0.4) is 0 Å². The Balaban J connectivity index is 2.14. The summed E-state index contributed by atoms with van der Waals surface area (Å²) in [5.74, 6) is -0.249. The summed E-state index contributed by atoms with van der Waals surface area (Å²) in [6.45, 7) is 6.24. The number of hydrogen-bond donors (Lipinski definition) is 2. The molecule has 3 N–H and O–H groups in total. The lowest BCUT2D eigenvalue weighted by Crippen LogP contribution is -2.47. The van der Waals surface area contributed by atoms with E-state index < -0.39 is 16.1 Å². The molecule has 1 aromatic carbocycles. The van der Waals surface area contributed by atoms with Gasteiger partial charge in [-0.3, -0.25) is 4.79 Å². The second-order valence-electron chi connectivity index (χ2n) is 6.64. The molecule has 1 saturated heterocycles. The molecule has 25 heavy (non-hydrogen) atoms. The molecule has 0 bridgehead atoms. The highest BCUT2D eigenvalue weighted by Crippen LogP contribution is 2.21. The van der Waals surface area contributed by atoms with Crippen molar-refractivity contribution >= 4 is 21.6 Å². The summed E-state index contributed by atoms with van der Waals surface area (Å²) in [4.78, 5) is 14.5. The summed E-state index contributed by atoms with van der Waals surface area (Å²) in [6.07, 6.45) is 0.798. The van der Waals surface area contributed by atoms with Crippen LogP contribution in [0.2, 0.25) is 0 Å². The number of hydrogen-bond acceptors (Lipinski definition) is 5. The largest absolute Gasteiger partial charge is 0.325 e. The van der Waals surface area contributed by atoms with E-state index in [0.29, 0.717) is 31.9 Å². The maximum Gasteiger partial charge on any atom is 0.243 e. The summed E-state index contributed by atoms with van der Waals surface area (Å²) in [5.41, 5.74) is 6.37. The van der Waals surface area contributed by atoms with E-state index in [1.165, 1.54) is 10.4 Å². The van der Waals surface area contributed by atoms with E-state index in [0.717, 1.165) is 6.42 Å². The number of nitrogens with one attached hydrogen (secondary N) is 1. The van der Waals surface area contributed by atoms with E-state index in [2.05, 4.69) is 10.2 Å². The zero-order valence-corrected chi connectivity index (χ0v) is 15.9. The number of piperazine rings is 1. The van der Waals surface area contributed by atoms with E-state index in [1.807, 2.05) is 20.9 Å². The molecule has 0 saturated carbocycles. The van der Waals surface area contributed by atoms with Gasteiger partial charge in [0.25, 0.3) is 0 Å². The van der Waals surface area contributed by atoms with Crippen LogP contribution >= 0.6 is 0 Å². The first-order chi connectivity index (χ1) is 11.8. The standard InChI is InChI=1S/C17H28N4O3S/c1-4-13(2)16(18)17(22)19-14-6-5-7-15(12-14)25(23,24)21-10-8-20(3)9-11-21/h5-7,12-13,16H,4,8-11,18H2,1-3H3,(H,19,22). The monoisotopic (exact) mass is 368 g/mol. The summed E-state index contributed by atoms with van der Waals surface area (Å²) in [6, 6.07) is 5.73. The Bertz CT molecular complexity index is 700. The van der Waals surface area contributed by atoms with Crippen LogP contribution in [0.15, 0.2) is 29.2 Å². The predicted octanol–water partition coefficient (Wildman–Crippen LogP) is 0.935. The minimum Gasteiger partial charge on any atom is -0.325 e. The Morgan fingerprint density at radius 3 is 2.52 bits per heavy atom. The number of amides is 1. The van der Waals surface area contributed by atoms with Crippen molar-refractivity contribution in [3.8, 4) is 0 Å². The second kappa shape index (κ2) is 8.27. The summed E-state index contributed by atoms with van der Waals surface area (Å²) < 4.78 is 27.1. The fraction of sp³-hybridized carbons (Fsp3) is 0.588. The van der Waals surface area contributed by atoms with E-state index in [4.69, 9.17) is 5.73 Å². The molecular weight excluding hydrogens is 340 g/mol. The fourth-order valence-corrected chi connectivity index (χ4v) is 4.12. The molecule has 7 nitrogen and oxygen atoms in total. The van der Waals surface area contributed by atoms with Crippen LogP contribution < -0.4 is 11.1 Å². The maximum atomic E-state index is 12.8. The molecule has 8 heteroatoms. The Labute approximate surface area is 150 Å². The number of likely N-dealkylation sites (N-methyl/N-ethyl adjacent to an activating group) is 1. The Hall–Kier alpha value is -1.48. The van der Waals surface area contributed by atoms with Crippen molar-refractivity contribution < 1.29 is 13.2 Å². The number of nitrogens with zero attached hydrogens (tertiary/aromatic N) is 2. The third kappa shape index (κ3) is 4.78. The summed E-state index contributed by atoms with van der Waals surface area (Å²) >= 11 is 0. The third-order valence-electron chi connectivity index (χ3n) is 4.76.